The first-order valence-electron chi connectivity index (χ1n) is 51.5. The molecule has 0 bridgehead atoms. The minimum atomic E-state index is -1.94. The summed E-state index contributed by atoms with van der Waals surface area (Å²) in [6.45, 7) is 8.39. The Bertz CT molecular complexity index is 6860. The van der Waals surface area contributed by atoms with Gasteiger partial charge in [-0.05, 0) is 401 Å². The molecule has 788 valence electrons. The van der Waals surface area contributed by atoms with Gasteiger partial charge in [0.05, 0.1) is 46.8 Å². The van der Waals surface area contributed by atoms with Gasteiger partial charge in [0.2, 0.25) is 29.5 Å². The maximum Gasteiger partial charge on any atom is 0.319 e. The number of amides is 8. The van der Waals surface area contributed by atoms with Crippen molar-refractivity contribution in [2.24, 2.45) is 23.7 Å². The molecule has 20 rings (SSSR count). The zero-order chi connectivity index (χ0) is 105. The van der Waals surface area contributed by atoms with Crippen LogP contribution in [0.5, 0.6) is 0 Å². The summed E-state index contributed by atoms with van der Waals surface area (Å²) in [5, 5.41) is 16.1. The number of nitrogens with one attached hydrogen (secondary N) is 4. The van der Waals surface area contributed by atoms with Crippen LogP contribution in [0.3, 0.4) is 0 Å². The van der Waals surface area contributed by atoms with Crippen LogP contribution in [0, 0.1) is 23.7 Å². The molecular weight excluding hydrogens is 2390 g/mol. The number of halogens is 12. The van der Waals surface area contributed by atoms with E-state index < -0.39 is 9.52 Å². The van der Waals surface area contributed by atoms with Crippen molar-refractivity contribution in [2.75, 3.05) is 107 Å². The number of nitrogens with zero attached hydrogens (tertiary/aromatic N) is 11. The van der Waals surface area contributed by atoms with E-state index in [2.05, 4.69) is 152 Å². The second-order valence-electron chi connectivity index (χ2n) is 40.2. The largest absolute Gasteiger partial charge is 0.352 e. The van der Waals surface area contributed by atoms with Crippen LogP contribution in [0.2, 0.25) is 35.2 Å². The van der Waals surface area contributed by atoms with E-state index in [1.165, 1.54) is 56.3 Å². The maximum absolute atomic E-state index is 13.0. The molecular formula is C114H119Br5Cl7N15O8S. The average molecular weight is 2510 g/mol. The molecule has 4 unspecified atom stereocenters. The third-order valence-electron chi connectivity index (χ3n) is 30.4. The summed E-state index contributed by atoms with van der Waals surface area (Å²) in [7, 11) is -1.94. The molecule has 4 N–H and O–H groups in total. The van der Waals surface area contributed by atoms with E-state index in [9.17, 15) is 37.8 Å². The van der Waals surface area contributed by atoms with E-state index in [0.29, 0.717) is 194 Å². The fraction of sp³-hybridized carbons (Fsp3) is 0.404. The van der Waals surface area contributed by atoms with Crippen molar-refractivity contribution in [3.05, 3.63) is 330 Å². The van der Waals surface area contributed by atoms with Gasteiger partial charge in [0.15, 0.2) is 0 Å². The zero-order valence-corrected chi connectivity index (χ0v) is 97.1. The van der Waals surface area contributed by atoms with Crippen molar-refractivity contribution in [1.29, 1.82) is 0 Å². The van der Waals surface area contributed by atoms with Crippen LogP contribution in [0.4, 0.5) is 16.2 Å². The number of anilines is 2. The van der Waals surface area contributed by atoms with Crippen molar-refractivity contribution in [1.82, 2.24) is 65.0 Å². The summed E-state index contributed by atoms with van der Waals surface area (Å²) in [6.07, 6.45) is 31.4. The first-order valence-corrected chi connectivity index (χ1v) is 60.2. The summed E-state index contributed by atoms with van der Waals surface area (Å²) >= 11 is 64.2. The van der Waals surface area contributed by atoms with Crippen molar-refractivity contribution in [2.45, 2.75) is 171 Å². The van der Waals surface area contributed by atoms with E-state index in [1.807, 2.05) is 117 Å². The molecule has 23 nitrogen and oxygen atoms in total. The molecule has 4 atom stereocenters. The van der Waals surface area contributed by atoms with Crippen LogP contribution < -0.4 is 21.3 Å². The standard InChI is InChI=1S/C30H31BrCl2N4O2.2C29H29BrCl2N4O2.C26H30Br2ClN3O2S/c31-22-15-21-9-8-20-16-23(32)17-25(33)27(20)28(29(21)35-18-22)19-10-13-37(14-11-19)26(38)7-4-12-34-30(39)36-24-5-2-1-3-6-24;30-21-13-20-7-6-19-14-22(31)15-24(32)27(19)28(29(20)34-16-21)18-8-11-36(12-9-18)26(38)5-1-4-25(37)35-23-3-2-10-33-17-23;30-22-13-20-6-5-19-14-23(31)15-24(32)26(19)27(28(20)35-17-22)18-7-11-36(12-8-18)25(37)4-2-10-34-29(38)21-3-1-9-33-16-21;1-35(34)10-8-31(9-11-35)16-23(33)32-6-4-17(5-7-32)25-24-18(13-21(29)14-22(24)28)2-3-19-12-20(27)15-30-26(19)25/h1-3,5-6,15-19,28H,4,7-14H2,(H2,34,36,39);2-3,10,13-18,28H,1,4-9,11-12H2,(H,35,37);1,3,9,13-18,27H,2,4-8,10-12H2,(H,34,38);12-15,17,25H,1-11,16H2. The maximum atomic E-state index is 13.0. The number of para-hydroxylation sites is 1. The molecule has 0 radical (unpaired) electrons. The fourth-order valence-corrected chi connectivity index (χ4v) is 29.0. The second kappa shape index (κ2) is 52.8. The number of rotatable bonds is 21. The van der Waals surface area contributed by atoms with Crippen LogP contribution in [-0.4, -0.2) is 203 Å². The van der Waals surface area contributed by atoms with Gasteiger partial charge in [0, 0.05) is 246 Å². The van der Waals surface area contributed by atoms with E-state index in [-0.39, 0.29) is 65.1 Å². The SMILES string of the molecule is C=S1(=O)CCN(CC(=O)N2CCC(C3c4ncc(Br)cc4CCc4cc(Cl)cc(Br)c43)CC2)CC1.O=C(CCCC(=O)N1CCC(C2c3ncc(Br)cc3CCc3cc(Cl)cc(Cl)c32)CC1)Nc1cccnc1.O=C(NCCCC(=O)N1CCC(C2c3ncc(Br)cc3CCc3cc(Cl)cc(Cl)c32)CC1)Nc1ccccc1.O=C(NCCCC(=O)N1CCC(C2c3ncc(Br)cc3CCc3cc(Cl)cc(Cl)c32)CC1)c1cccnc1. The van der Waals surface area contributed by atoms with Gasteiger partial charge in [-0.15, -0.1) is 0 Å². The number of pyridine rings is 6. The minimum Gasteiger partial charge on any atom is -0.352 e. The molecule has 8 amide bonds. The van der Waals surface area contributed by atoms with E-state index in [4.69, 9.17) is 101 Å². The van der Waals surface area contributed by atoms with Gasteiger partial charge in [0.25, 0.3) is 5.91 Å². The molecule has 36 heteroatoms. The van der Waals surface area contributed by atoms with Crippen LogP contribution in [0.25, 0.3) is 0 Å². The lowest BCUT2D eigenvalue weighted by Crippen LogP contribution is -2.48. The zero-order valence-electron chi connectivity index (χ0n) is 83.1. The molecule has 5 aromatic carbocycles. The van der Waals surface area contributed by atoms with Gasteiger partial charge in [0.1, 0.15) is 0 Å². The number of hydrogen-bond donors (Lipinski definition) is 4. The van der Waals surface area contributed by atoms with Crippen molar-refractivity contribution < 1.29 is 37.8 Å². The Morgan fingerprint density at radius 3 is 1.09 bits per heavy atom. The summed E-state index contributed by atoms with van der Waals surface area (Å²) in [6, 6.07) is 40.5. The van der Waals surface area contributed by atoms with E-state index in [1.54, 1.807) is 42.9 Å². The molecule has 11 aromatic rings. The molecule has 9 aliphatic rings. The Balaban J connectivity index is 0.000000136. The van der Waals surface area contributed by atoms with Gasteiger partial charge >= 0.3 is 6.03 Å². The Morgan fingerprint density at radius 1 is 0.360 bits per heavy atom. The fourth-order valence-electron chi connectivity index (χ4n) is 23.0. The number of piperidine rings is 4. The van der Waals surface area contributed by atoms with Crippen LogP contribution in [0.15, 0.2) is 199 Å². The van der Waals surface area contributed by atoms with Crippen molar-refractivity contribution >= 4 is 229 Å². The highest BCUT2D eigenvalue weighted by atomic mass is 79.9. The van der Waals surface area contributed by atoms with Gasteiger partial charge < -0.3 is 40.9 Å². The Hall–Kier alpha value is -8.50. The molecule has 6 aromatic heterocycles. The van der Waals surface area contributed by atoms with E-state index >= 15 is 0 Å². The van der Waals surface area contributed by atoms with Crippen LogP contribution in [0.1, 0.15) is 220 Å². The third-order valence-corrected chi connectivity index (χ3v) is 36.5. The number of aromatic nitrogens is 6. The highest BCUT2D eigenvalue weighted by Crippen LogP contribution is 2.52. The summed E-state index contributed by atoms with van der Waals surface area (Å²) in [5.74, 6) is 7.00. The lowest BCUT2D eigenvalue weighted by Gasteiger charge is -2.38. The van der Waals surface area contributed by atoms with Gasteiger partial charge in [-0.2, -0.15) is 0 Å². The molecule has 0 spiro atoms. The lowest BCUT2D eigenvalue weighted by molar-refractivity contribution is -0.134. The Morgan fingerprint density at radius 2 is 0.707 bits per heavy atom. The number of aryl methyl sites for hydroxylation is 8. The Kier molecular flexibility index (Phi) is 39.7. The highest BCUT2D eigenvalue weighted by molar-refractivity contribution is 9.11. The summed E-state index contributed by atoms with van der Waals surface area (Å²) in [4.78, 5) is 126. The summed E-state index contributed by atoms with van der Waals surface area (Å²) < 4.78 is 17.1. The number of fused-ring (bicyclic) bond motifs is 8. The smallest absolute Gasteiger partial charge is 0.319 e. The van der Waals surface area contributed by atoms with Crippen molar-refractivity contribution in [3.8, 4) is 0 Å². The first kappa shape index (κ1) is 113. The van der Waals surface area contributed by atoms with Crippen LogP contribution >= 0.6 is 161 Å². The minimum absolute atomic E-state index is 0.0637. The lowest BCUT2D eigenvalue weighted by atomic mass is 9.76. The topological polar surface area (TPSA) is 278 Å². The molecule has 5 fully saturated rings. The van der Waals surface area contributed by atoms with Gasteiger partial charge in [-0.3, -0.25) is 67.8 Å². The number of likely N-dealkylation sites (tertiary alicyclic amines) is 4. The molecule has 4 aliphatic carbocycles. The predicted octanol–water partition coefficient (Wildman–Crippen LogP) is 25.0. The number of benzene rings is 5. The van der Waals surface area contributed by atoms with E-state index in [0.717, 1.165) is 188 Å². The molecule has 5 saturated heterocycles. The molecule has 0 saturated carbocycles. The first-order chi connectivity index (χ1) is 72.4. The monoisotopic (exact) mass is 2500 g/mol. The highest BCUT2D eigenvalue weighted by Gasteiger charge is 2.43. The average Bonchev–Trinajstić information content (AvgIpc) is 1.58. The third kappa shape index (κ3) is 29.1. The molecule has 150 heavy (non-hydrogen) atoms. The number of carbonyl (C=O) groups is 7. The molecule has 11 heterocycles. The number of urea groups is 1. The van der Waals surface area contributed by atoms with Crippen molar-refractivity contribution in [3.63, 3.8) is 0 Å². The number of hydrogen-bond acceptors (Lipinski definition) is 15. The van der Waals surface area contributed by atoms with Gasteiger partial charge in [-0.1, -0.05) is 115 Å². The quantitative estimate of drug-likeness (QED) is 0.0384. The molecule has 5 aliphatic heterocycles. The normalized spacial score (nSPS) is 18.6. The van der Waals surface area contributed by atoms with Crippen LogP contribution in [-0.2, 0) is 84.9 Å². The van der Waals surface area contributed by atoms with Gasteiger partial charge in [-0.25, -0.2) is 4.79 Å². The predicted molar refractivity (Wildman–Crippen MR) is 617 cm³/mol. The second-order valence-corrected chi connectivity index (χ2v) is 50.4. The number of carbonyl (C=O) groups excluding carboxylic acids is 7. The summed E-state index contributed by atoms with van der Waals surface area (Å²) in [5.41, 5.74) is 20.9. The Labute approximate surface area is 954 Å².